The summed E-state index contributed by atoms with van der Waals surface area (Å²) in [5, 5.41) is 4.19. The number of aromatic nitrogens is 1. The normalized spacial score (nSPS) is 10.7. The Labute approximate surface area is 150 Å². The van der Waals surface area contributed by atoms with Crippen molar-refractivity contribution in [3.8, 4) is 10.6 Å². The standard InChI is InChI=1S/C21H16N2OS/c24-19(15-6-2-1-3-7-15)14-22-17-12-10-16(11-13-17)21-23-18-8-4-5-9-20(18)25-21/h1-13,22H,14H2. The monoisotopic (exact) mass is 344 g/mol. The number of rotatable bonds is 5. The predicted molar refractivity (Wildman–Crippen MR) is 104 cm³/mol. The fraction of sp³-hybridized carbons (Fsp3) is 0.0476. The third-order valence-electron chi connectivity index (χ3n) is 3.97. The number of hydrogen-bond acceptors (Lipinski definition) is 4. The molecular weight excluding hydrogens is 328 g/mol. The Morgan fingerprint density at radius 1 is 0.880 bits per heavy atom. The van der Waals surface area contributed by atoms with Crippen molar-refractivity contribution in [1.82, 2.24) is 4.98 Å². The van der Waals surface area contributed by atoms with Crippen LogP contribution < -0.4 is 5.32 Å². The number of anilines is 1. The molecule has 4 rings (SSSR count). The van der Waals surface area contributed by atoms with Crippen molar-refractivity contribution in [3.63, 3.8) is 0 Å². The van der Waals surface area contributed by atoms with Crippen molar-refractivity contribution in [2.45, 2.75) is 0 Å². The summed E-state index contributed by atoms with van der Waals surface area (Å²) in [6, 6.07) is 25.5. The first-order valence-electron chi connectivity index (χ1n) is 8.08. The molecule has 0 amide bonds. The summed E-state index contributed by atoms with van der Waals surface area (Å²) < 4.78 is 1.19. The maximum absolute atomic E-state index is 12.1. The average molecular weight is 344 g/mol. The molecule has 1 N–H and O–H groups in total. The fourth-order valence-corrected chi connectivity index (χ4v) is 3.61. The Kier molecular flexibility index (Phi) is 4.27. The molecule has 0 aliphatic carbocycles. The fourth-order valence-electron chi connectivity index (χ4n) is 2.63. The third-order valence-corrected chi connectivity index (χ3v) is 5.06. The minimum absolute atomic E-state index is 0.0795. The van der Waals surface area contributed by atoms with Gasteiger partial charge < -0.3 is 5.32 Å². The van der Waals surface area contributed by atoms with E-state index in [9.17, 15) is 4.79 Å². The summed E-state index contributed by atoms with van der Waals surface area (Å²) in [6.07, 6.45) is 0. The summed E-state index contributed by atoms with van der Waals surface area (Å²) in [4.78, 5) is 16.8. The molecule has 4 heteroatoms. The quantitative estimate of drug-likeness (QED) is 0.502. The lowest BCUT2D eigenvalue weighted by molar-refractivity contribution is 0.101. The van der Waals surface area contributed by atoms with Crippen LogP contribution in [0, 0.1) is 0 Å². The Bertz CT molecular complexity index is 974. The van der Waals surface area contributed by atoms with Crippen LogP contribution in [0.5, 0.6) is 0 Å². The molecule has 1 heterocycles. The van der Waals surface area contributed by atoms with Crippen molar-refractivity contribution < 1.29 is 4.79 Å². The summed E-state index contributed by atoms with van der Waals surface area (Å²) >= 11 is 1.69. The molecule has 0 atom stereocenters. The first kappa shape index (κ1) is 15.5. The van der Waals surface area contributed by atoms with E-state index in [2.05, 4.69) is 16.4 Å². The molecule has 122 valence electrons. The van der Waals surface area contributed by atoms with E-state index in [1.54, 1.807) is 11.3 Å². The molecule has 0 saturated carbocycles. The minimum atomic E-state index is 0.0795. The van der Waals surface area contributed by atoms with Crippen molar-refractivity contribution in [2.24, 2.45) is 0 Å². The second-order valence-electron chi connectivity index (χ2n) is 5.71. The van der Waals surface area contributed by atoms with Crippen molar-refractivity contribution in [3.05, 3.63) is 84.4 Å². The van der Waals surface area contributed by atoms with E-state index in [0.29, 0.717) is 0 Å². The van der Waals surface area contributed by atoms with Crippen LogP contribution in [0.25, 0.3) is 20.8 Å². The van der Waals surface area contributed by atoms with E-state index in [4.69, 9.17) is 0 Å². The number of carbonyl (C=O) groups excluding carboxylic acids is 1. The third kappa shape index (κ3) is 3.44. The second kappa shape index (κ2) is 6.87. The van der Waals surface area contributed by atoms with Crippen LogP contribution in [0.15, 0.2) is 78.9 Å². The molecule has 0 aliphatic rings. The smallest absolute Gasteiger partial charge is 0.181 e. The van der Waals surface area contributed by atoms with Crippen LogP contribution in [0.2, 0.25) is 0 Å². The molecule has 4 aromatic rings. The molecule has 25 heavy (non-hydrogen) atoms. The molecule has 0 radical (unpaired) electrons. The Balaban J connectivity index is 1.46. The average Bonchev–Trinajstić information content (AvgIpc) is 3.11. The van der Waals surface area contributed by atoms with Crippen molar-refractivity contribution >= 4 is 33.0 Å². The van der Waals surface area contributed by atoms with Gasteiger partial charge in [0, 0.05) is 16.8 Å². The van der Waals surface area contributed by atoms with E-state index >= 15 is 0 Å². The van der Waals surface area contributed by atoms with Gasteiger partial charge in [-0.2, -0.15) is 0 Å². The summed E-state index contributed by atoms with van der Waals surface area (Å²) in [6.45, 7) is 0.282. The lowest BCUT2D eigenvalue weighted by Gasteiger charge is -2.06. The van der Waals surface area contributed by atoms with Gasteiger partial charge in [0.25, 0.3) is 0 Å². The van der Waals surface area contributed by atoms with Gasteiger partial charge in [0.2, 0.25) is 0 Å². The largest absolute Gasteiger partial charge is 0.378 e. The van der Waals surface area contributed by atoms with Gasteiger partial charge in [-0.05, 0) is 36.4 Å². The van der Waals surface area contributed by atoms with Gasteiger partial charge in [-0.15, -0.1) is 11.3 Å². The molecule has 1 aromatic heterocycles. The first-order valence-corrected chi connectivity index (χ1v) is 8.89. The van der Waals surface area contributed by atoms with Crippen molar-refractivity contribution in [2.75, 3.05) is 11.9 Å². The SMILES string of the molecule is O=C(CNc1ccc(-c2nc3ccccc3s2)cc1)c1ccccc1. The number of para-hydroxylation sites is 1. The number of fused-ring (bicyclic) bond motifs is 1. The second-order valence-corrected chi connectivity index (χ2v) is 6.74. The number of hydrogen-bond donors (Lipinski definition) is 1. The molecule has 0 fully saturated rings. The minimum Gasteiger partial charge on any atom is -0.378 e. The van der Waals surface area contributed by atoms with Gasteiger partial charge >= 0.3 is 0 Å². The van der Waals surface area contributed by atoms with Gasteiger partial charge in [0.15, 0.2) is 5.78 Å². The molecule has 0 saturated heterocycles. The summed E-state index contributed by atoms with van der Waals surface area (Å²) in [5.41, 5.74) is 3.76. The molecule has 3 nitrogen and oxygen atoms in total. The van der Waals surface area contributed by atoms with Crippen LogP contribution in [0.3, 0.4) is 0 Å². The van der Waals surface area contributed by atoms with Crippen LogP contribution in [0.4, 0.5) is 5.69 Å². The van der Waals surface area contributed by atoms with Crippen LogP contribution >= 0.6 is 11.3 Å². The molecule has 0 spiro atoms. The lowest BCUT2D eigenvalue weighted by Crippen LogP contribution is -2.13. The lowest BCUT2D eigenvalue weighted by atomic mass is 10.1. The van der Waals surface area contributed by atoms with E-state index in [1.165, 1.54) is 4.70 Å². The number of thiazole rings is 1. The molecular formula is C21H16N2OS. The van der Waals surface area contributed by atoms with Gasteiger partial charge in [0.05, 0.1) is 16.8 Å². The number of carbonyl (C=O) groups is 1. The van der Waals surface area contributed by atoms with Gasteiger partial charge in [-0.1, -0.05) is 42.5 Å². The summed E-state index contributed by atoms with van der Waals surface area (Å²) in [7, 11) is 0. The van der Waals surface area contributed by atoms with E-state index in [0.717, 1.165) is 27.3 Å². The first-order chi connectivity index (χ1) is 12.3. The highest BCUT2D eigenvalue weighted by Crippen LogP contribution is 2.30. The maximum atomic E-state index is 12.1. The molecule has 0 unspecified atom stereocenters. The Hall–Kier alpha value is -2.98. The van der Waals surface area contributed by atoms with Crippen molar-refractivity contribution in [1.29, 1.82) is 0 Å². The summed E-state index contributed by atoms with van der Waals surface area (Å²) in [5.74, 6) is 0.0795. The Morgan fingerprint density at radius 2 is 1.60 bits per heavy atom. The Morgan fingerprint density at radius 3 is 2.36 bits per heavy atom. The van der Waals surface area contributed by atoms with Crippen LogP contribution in [-0.2, 0) is 0 Å². The highest BCUT2D eigenvalue weighted by molar-refractivity contribution is 7.21. The highest BCUT2D eigenvalue weighted by atomic mass is 32.1. The molecule has 3 aromatic carbocycles. The number of nitrogens with one attached hydrogen (secondary N) is 1. The highest BCUT2D eigenvalue weighted by Gasteiger charge is 2.07. The zero-order valence-corrected chi connectivity index (χ0v) is 14.3. The predicted octanol–water partition coefficient (Wildman–Crippen LogP) is 5.26. The zero-order chi connectivity index (χ0) is 17.1. The molecule has 0 aliphatic heterocycles. The van der Waals surface area contributed by atoms with Crippen LogP contribution in [-0.4, -0.2) is 17.3 Å². The maximum Gasteiger partial charge on any atom is 0.181 e. The zero-order valence-electron chi connectivity index (χ0n) is 13.5. The number of ketones is 1. The molecule has 0 bridgehead atoms. The van der Waals surface area contributed by atoms with E-state index in [1.807, 2.05) is 72.8 Å². The van der Waals surface area contributed by atoms with E-state index < -0.39 is 0 Å². The van der Waals surface area contributed by atoms with E-state index in [-0.39, 0.29) is 12.3 Å². The van der Waals surface area contributed by atoms with Crippen LogP contribution in [0.1, 0.15) is 10.4 Å². The number of nitrogens with zero attached hydrogens (tertiary/aromatic N) is 1. The number of benzene rings is 3. The topological polar surface area (TPSA) is 42.0 Å². The number of Topliss-reactive ketones (excluding diaryl/α,β-unsaturated/α-hetero) is 1. The van der Waals surface area contributed by atoms with Gasteiger partial charge in [-0.25, -0.2) is 4.98 Å². The van der Waals surface area contributed by atoms with Gasteiger partial charge in [0.1, 0.15) is 5.01 Å². The van der Waals surface area contributed by atoms with Gasteiger partial charge in [-0.3, -0.25) is 4.79 Å².